The van der Waals surface area contributed by atoms with Gasteiger partial charge in [0.2, 0.25) is 0 Å². The summed E-state index contributed by atoms with van der Waals surface area (Å²) < 4.78 is 22.5. The lowest BCUT2D eigenvalue weighted by molar-refractivity contribution is -0.137. The number of esters is 1. The molecule has 0 aliphatic carbocycles. The monoisotopic (exact) mass is 369 g/mol. The molecule has 0 atom stereocenters. The van der Waals surface area contributed by atoms with E-state index in [2.05, 4.69) is 10.1 Å². The molecule has 0 aliphatic rings. The summed E-state index contributed by atoms with van der Waals surface area (Å²) in [4.78, 5) is 11.0. The van der Waals surface area contributed by atoms with Crippen LogP contribution in [-0.2, 0) is 22.8 Å². The highest BCUT2D eigenvalue weighted by molar-refractivity contribution is 8.23. The molecule has 1 N–H and O–H groups in total. The van der Waals surface area contributed by atoms with Crippen molar-refractivity contribution in [2.24, 2.45) is 0 Å². The average molecular weight is 370 g/mol. The maximum absolute atomic E-state index is 11.0. The third kappa shape index (κ3) is 9.75. The van der Waals surface area contributed by atoms with Crippen molar-refractivity contribution in [1.29, 1.82) is 0 Å². The fourth-order valence-corrected chi connectivity index (χ4v) is 5.19. The Bertz CT molecular complexity index is 317. The zero-order valence-electron chi connectivity index (χ0n) is 13.8. The van der Waals surface area contributed by atoms with Crippen molar-refractivity contribution in [1.82, 2.24) is 5.32 Å². The lowest BCUT2D eigenvalue weighted by Gasteiger charge is -2.28. The summed E-state index contributed by atoms with van der Waals surface area (Å²) in [6.07, 6.45) is 0.825. The van der Waals surface area contributed by atoms with Crippen LogP contribution in [0.4, 0.5) is 0 Å². The Morgan fingerprint density at radius 3 is 2.14 bits per heavy atom. The van der Waals surface area contributed by atoms with Crippen molar-refractivity contribution in [2.45, 2.75) is 33.2 Å². The van der Waals surface area contributed by atoms with Crippen LogP contribution in [-0.4, -0.2) is 58.3 Å². The number of thiocarbonyl (C=S) groups is 1. The Morgan fingerprint density at radius 1 is 1.14 bits per heavy atom. The first-order chi connectivity index (χ1) is 10.5. The molecule has 0 aromatic carbocycles. The van der Waals surface area contributed by atoms with E-state index < -0.39 is 8.80 Å². The third-order valence-electron chi connectivity index (χ3n) is 2.57. The van der Waals surface area contributed by atoms with E-state index in [1.54, 1.807) is 0 Å². The molecule has 130 valence electrons. The van der Waals surface area contributed by atoms with Crippen molar-refractivity contribution < 1.29 is 22.8 Å². The van der Waals surface area contributed by atoms with Crippen molar-refractivity contribution in [2.75, 3.05) is 39.2 Å². The summed E-state index contributed by atoms with van der Waals surface area (Å²) in [6.45, 7) is 8.24. The molecule has 0 spiro atoms. The molecule has 0 saturated carbocycles. The molecule has 0 bridgehead atoms. The molecule has 0 saturated heterocycles. The molecule has 0 unspecified atom stereocenters. The van der Waals surface area contributed by atoms with Gasteiger partial charge in [-0.2, -0.15) is 0 Å². The minimum absolute atomic E-state index is 0.220. The molecular weight excluding hydrogens is 342 g/mol. The summed E-state index contributed by atoms with van der Waals surface area (Å²) in [6, 6.07) is 0.736. The first-order valence-electron chi connectivity index (χ1n) is 7.42. The maximum atomic E-state index is 11.0. The Labute approximate surface area is 144 Å². The van der Waals surface area contributed by atoms with Gasteiger partial charge in [-0.15, -0.1) is 0 Å². The molecule has 0 amide bonds. The van der Waals surface area contributed by atoms with Crippen LogP contribution in [0.3, 0.4) is 0 Å². The van der Waals surface area contributed by atoms with Crippen LogP contribution in [0.25, 0.3) is 0 Å². The van der Waals surface area contributed by atoms with Gasteiger partial charge >= 0.3 is 14.8 Å². The zero-order valence-corrected chi connectivity index (χ0v) is 16.4. The topological polar surface area (TPSA) is 66.0 Å². The van der Waals surface area contributed by atoms with E-state index in [1.165, 1.54) is 18.9 Å². The molecule has 6 nitrogen and oxygen atoms in total. The van der Waals surface area contributed by atoms with Crippen LogP contribution in [0, 0.1) is 0 Å². The van der Waals surface area contributed by atoms with Gasteiger partial charge in [0.1, 0.15) is 4.32 Å². The minimum atomic E-state index is -2.57. The molecule has 0 aromatic heterocycles. The highest BCUT2D eigenvalue weighted by Gasteiger charge is 2.39. The second kappa shape index (κ2) is 13.3. The van der Waals surface area contributed by atoms with Gasteiger partial charge in [0, 0.05) is 32.4 Å². The normalized spacial score (nSPS) is 11.3. The quantitative estimate of drug-likeness (QED) is 0.243. The Hall–Kier alpha value is -0.193. The zero-order chi connectivity index (χ0) is 16.8. The van der Waals surface area contributed by atoms with Crippen LogP contribution in [0.5, 0.6) is 0 Å². The minimum Gasteiger partial charge on any atom is -0.468 e. The summed E-state index contributed by atoms with van der Waals surface area (Å²) in [5.41, 5.74) is 0. The summed E-state index contributed by atoms with van der Waals surface area (Å²) in [5, 5.41) is 3.10. The second-order valence-electron chi connectivity index (χ2n) is 4.16. The first kappa shape index (κ1) is 21.8. The second-order valence-corrected chi connectivity index (χ2v) is 8.55. The molecule has 0 aliphatic heterocycles. The van der Waals surface area contributed by atoms with Gasteiger partial charge in [0.15, 0.2) is 0 Å². The molecule has 0 radical (unpaired) electrons. The third-order valence-corrected chi connectivity index (χ3v) is 7.01. The van der Waals surface area contributed by atoms with Crippen LogP contribution in [0.1, 0.15) is 27.2 Å². The predicted octanol–water partition coefficient (Wildman–Crippen LogP) is 2.21. The molecule has 22 heavy (non-hydrogen) atoms. The van der Waals surface area contributed by atoms with E-state index >= 15 is 0 Å². The molecule has 0 aromatic rings. The number of hydrogen-bond donors (Lipinski definition) is 1. The number of methoxy groups -OCH3 is 1. The number of carbonyl (C=O) groups excluding carboxylic acids is 1. The van der Waals surface area contributed by atoms with E-state index in [1.807, 2.05) is 20.8 Å². The number of ether oxygens (including phenoxy) is 1. The van der Waals surface area contributed by atoms with Gasteiger partial charge in [0.25, 0.3) is 0 Å². The van der Waals surface area contributed by atoms with Gasteiger partial charge in [-0.05, 0) is 27.2 Å². The van der Waals surface area contributed by atoms with Crippen molar-refractivity contribution in [3.05, 3.63) is 0 Å². The van der Waals surface area contributed by atoms with E-state index in [4.69, 9.17) is 25.5 Å². The van der Waals surface area contributed by atoms with Crippen LogP contribution in [0.15, 0.2) is 0 Å². The van der Waals surface area contributed by atoms with E-state index in [0.29, 0.717) is 30.7 Å². The highest BCUT2D eigenvalue weighted by Crippen LogP contribution is 2.18. The Morgan fingerprint density at radius 2 is 1.68 bits per heavy atom. The first-order valence-corrected chi connectivity index (χ1v) is 10.7. The fourth-order valence-electron chi connectivity index (χ4n) is 1.73. The van der Waals surface area contributed by atoms with Gasteiger partial charge in [0.05, 0.1) is 12.9 Å². The molecule has 0 fully saturated rings. The molecule has 0 heterocycles. The largest absolute Gasteiger partial charge is 0.500 e. The maximum Gasteiger partial charge on any atom is 0.500 e. The smallest absolute Gasteiger partial charge is 0.468 e. The molecule has 9 heteroatoms. The van der Waals surface area contributed by atoms with Crippen LogP contribution >= 0.6 is 24.0 Å². The average Bonchev–Trinajstić information content (AvgIpc) is 2.50. The van der Waals surface area contributed by atoms with Gasteiger partial charge < -0.3 is 23.3 Å². The lowest BCUT2D eigenvalue weighted by Crippen LogP contribution is -2.46. The Kier molecular flexibility index (Phi) is 13.1. The number of carbonyl (C=O) groups is 1. The van der Waals surface area contributed by atoms with Crippen molar-refractivity contribution in [3.63, 3.8) is 0 Å². The lowest BCUT2D eigenvalue weighted by atomic mass is 10.5. The number of hydrogen-bond acceptors (Lipinski definition) is 7. The summed E-state index contributed by atoms with van der Waals surface area (Å²) in [5.74, 6) is -0.0673. The van der Waals surface area contributed by atoms with Crippen molar-refractivity contribution >= 4 is 43.1 Å². The van der Waals surface area contributed by atoms with Crippen LogP contribution in [0.2, 0.25) is 6.04 Å². The standard InChI is InChI=1S/C13H27NO5S2Si/c1-5-17-22(18-6-2,19-7-3)10-8-9-14-13(20)21-11-12(15)16-4/h5-11H2,1-4H3,(H,14,20). The summed E-state index contributed by atoms with van der Waals surface area (Å²) >= 11 is 6.40. The predicted molar refractivity (Wildman–Crippen MR) is 95.1 cm³/mol. The molecule has 0 rings (SSSR count). The van der Waals surface area contributed by atoms with Gasteiger partial charge in [-0.1, -0.05) is 24.0 Å². The van der Waals surface area contributed by atoms with Gasteiger partial charge in [-0.3, -0.25) is 4.79 Å². The SMILES string of the molecule is CCO[Si](CCCNC(=S)SCC(=O)OC)(OCC)OCC. The molecular formula is C13H27NO5S2Si. The number of thioether (sulfide) groups is 1. The van der Waals surface area contributed by atoms with Crippen molar-refractivity contribution in [3.8, 4) is 0 Å². The summed E-state index contributed by atoms with van der Waals surface area (Å²) in [7, 11) is -1.21. The fraction of sp³-hybridized carbons (Fsp3) is 0.846. The Balaban J connectivity index is 4.10. The van der Waals surface area contributed by atoms with Gasteiger partial charge in [-0.25, -0.2) is 0 Å². The van der Waals surface area contributed by atoms with E-state index in [9.17, 15) is 4.79 Å². The van der Waals surface area contributed by atoms with Crippen LogP contribution < -0.4 is 5.32 Å². The van der Waals surface area contributed by atoms with E-state index in [0.717, 1.165) is 12.5 Å². The number of nitrogens with one attached hydrogen (secondary N) is 1. The number of rotatable bonds is 12. The van der Waals surface area contributed by atoms with E-state index in [-0.39, 0.29) is 11.7 Å². The highest BCUT2D eigenvalue weighted by atomic mass is 32.2.